The summed E-state index contributed by atoms with van der Waals surface area (Å²) in [7, 11) is 0. The van der Waals surface area contributed by atoms with E-state index in [0.29, 0.717) is 5.56 Å². The number of anilines is 1. The van der Waals surface area contributed by atoms with E-state index >= 15 is 0 Å². The van der Waals surface area contributed by atoms with Crippen LogP contribution in [0.15, 0.2) is 36.7 Å². The summed E-state index contributed by atoms with van der Waals surface area (Å²) in [5, 5.41) is 6.71. The molecule has 150 valence electrons. The van der Waals surface area contributed by atoms with Gasteiger partial charge in [-0.2, -0.15) is 40.9 Å². The second-order valence-electron chi connectivity index (χ2n) is 5.84. The summed E-state index contributed by atoms with van der Waals surface area (Å²) in [4.78, 5) is 7.09. The molecule has 0 saturated heterocycles. The van der Waals surface area contributed by atoms with Gasteiger partial charge < -0.3 is 10.1 Å². The first-order valence-electron chi connectivity index (χ1n) is 7.87. The quantitative estimate of drug-likeness (QED) is 0.643. The van der Waals surface area contributed by atoms with Gasteiger partial charge in [0.05, 0.1) is 0 Å². The molecule has 3 rings (SSSR count). The number of halogens is 6. The predicted molar refractivity (Wildman–Crippen MR) is 85.8 cm³/mol. The summed E-state index contributed by atoms with van der Waals surface area (Å²) in [6.45, 7) is 0.254. The lowest BCUT2D eigenvalue weighted by molar-refractivity contribution is -0.153. The van der Waals surface area contributed by atoms with Crippen LogP contribution in [-0.2, 0) is 6.18 Å². The Morgan fingerprint density at radius 1 is 1.11 bits per heavy atom. The summed E-state index contributed by atoms with van der Waals surface area (Å²) < 4.78 is 81.3. The summed E-state index contributed by atoms with van der Waals surface area (Å²) >= 11 is 0. The van der Waals surface area contributed by atoms with Gasteiger partial charge in [0, 0.05) is 12.1 Å². The predicted octanol–water partition coefficient (Wildman–Crippen LogP) is 4.26. The average molecular weight is 405 g/mol. The molecule has 0 radical (unpaired) electrons. The number of nitrogens with one attached hydrogen (secondary N) is 1. The first-order valence-corrected chi connectivity index (χ1v) is 7.87. The van der Waals surface area contributed by atoms with Gasteiger partial charge in [-0.05, 0) is 24.6 Å². The lowest BCUT2D eigenvalue weighted by Crippen LogP contribution is -2.19. The lowest BCUT2D eigenvalue weighted by atomic mass is 10.1. The normalized spacial score (nSPS) is 13.5. The van der Waals surface area contributed by atoms with Crippen LogP contribution in [0.5, 0.6) is 5.75 Å². The van der Waals surface area contributed by atoms with Crippen molar-refractivity contribution in [2.24, 2.45) is 0 Å². The van der Waals surface area contributed by atoms with Crippen molar-refractivity contribution < 1.29 is 31.1 Å². The Bertz CT molecular complexity index is 951. The monoisotopic (exact) mass is 405 g/mol. The summed E-state index contributed by atoms with van der Waals surface area (Å²) in [5.74, 6) is -0.185. The Labute approximate surface area is 154 Å². The highest BCUT2D eigenvalue weighted by Gasteiger charge is 2.34. The second-order valence-corrected chi connectivity index (χ2v) is 5.84. The summed E-state index contributed by atoms with van der Waals surface area (Å²) in [6.07, 6.45) is -8.04. The fourth-order valence-electron chi connectivity index (χ4n) is 2.38. The van der Waals surface area contributed by atoms with Crippen LogP contribution in [0.3, 0.4) is 0 Å². The summed E-state index contributed by atoms with van der Waals surface area (Å²) in [6, 6.07) is 6.02. The Morgan fingerprint density at radius 3 is 2.39 bits per heavy atom. The first-order chi connectivity index (χ1) is 13.0. The van der Waals surface area contributed by atoms with Gasteiger partial charge in [0.1, 0.15) is 17.9 Å². The van der Waals surface area contributed by atoms with Gasteiger partial charge in [-0.15, -0.1) is 0 Å². The molecule has 1 atom stereocenters. The van der Waals surface area contributed by atoms with E-state index in [9.17, 15) is 26.3 Å². The van der Waals surface area contributed by atoms with Crippen molar-refractivity contribution in [1.29, 1.82) is 0 Å². The van der Waals surface area contributed by atoms with E-state index in [0.717, 1.165) is 16.9 Å². The largest absolute Gasteiger partial charge is 0.484 e. The zero-order chi connectivity index (χ0) is 20.5. The zero-order valence-corrected chi connectivity index (χ0v) is 14.2. The molecule has 12 heteroatoms. The maximum absolute atomic E-state index is 13.0. The fraction of sp³-hybridized carbons (Fsp3) is 0.312. The molecule has 0 fully saturated rings. The number of hydrogen-bond acceptors (Lipinski definition) is 5. The SMILES string of the molecule is CC(Nc1cc(C(F)(F)F)nc2ncnn12)c1ccc(OCC(F)(F)F)cc1. The molecule has 1 aromatic carbocycles. The molecule has 3 aromatic rings. The first kappa shape index (κ1) is 19.7. The molecule has 2 aromatic heterocycles. The van der Waals surface area contributed by atoms with Gasteiger partial charge in [0.2, 0.25) is 0 Å². The van der Waals surface area contributed by atoms with E-state index in [4.69, 9.17) is 0 Å². The lowest BCUT2D eigenvalue weighted by Gasteiger charge is -2.18. The Hall–Kier alpha value is -3.05. The van der Waals surface area contributed by atoms with Crippen LogP contribution in [-0.4, -0.2) is 32.4 Å². The van der Waals surface area contributed by atoms with Crippen LogP contribution in [0.25, 0.3) is 5.78 Å². The third-order valence-electron chi connectivity index (χ3n) is 3.69. The maximum Gasteiger partial charge on any atom is 0.433 e. The third-order valence-corrected chi connectivity index (χ3v) is 3.69. The van der Waals surface area contributed by atoms with Crippen molar-refractivity contribution in [2.45, 2.75) is 25.3 Å². The van der Waals surface area contributed by atoms with Gasteiger partial charge in [-0.1, -0.05) is 12.1 Å². The molecule has 0 aliphatic rings. The molecular weight excluding hydrogens is 392 g/mol. The van der Waals surface area contributed by atoms with Gasteiger partial charge in [0.25, 0.3) is 5.78 Å². The number of hydrogen-bond donors (Lipinski definition) is 1. The number of ether oxygens (including phenoxy) is 1. The highest BCUT2D eigenvalue weighted by atomic mass is 19.4. The van der Waals surface area contributed by atoms with Crippen LogP contribution >= 0.6 is 0 Å². The van der Waals surface area contributed by atoms with Crippen molar-refractivity contribution >= 4 is 11.6 Å². The van der Waals surface area contributed by atoms with E-state index in [1.165, 1.54) is 24.3 Å². The van der Waals surface area contributed by atoms with Crippen LogP contribution in [0.4, 0.5) is 32.2 Å². The van der Waals surface area contributed by atoms with E-state index in [1.54, 1.807) is 6.92 Å². The van der Waals surface area contributed by atoms with E-state index in [2.05, 4.69) is 25.1 Å². The number of nitrogens with zero attached hydrogens (tertiary/aromatic N) is 4. The number of rotatable bonds is 5. The molecule has 0 saturated carbocycles. The topological polar surface area (TPSA) is 64.3 Å². The van der Waals surface area contributed by atoms with Gasteiger partial charge >= 0.3 is 12.4 Å². The van der Waals surface area contributed by atoms with Crippen LogP contribution < -0.4 is 10.1 Å². The molecule has 1 unspecified atom stereocenters. The zero-order valence-electron chi connectivity index (χ0n) is 14.2. The Kier molecular flexibility index (Phi) is 5.04. The number of alkyl halides is 6. The minimum Gasteiger partial charge on any atom is -0.484 e. The molecule has 0 bridgehead atoms. The highest BCUT2D eigenvalue weighted by Crippen LogP contribution is 2.31. The Balaban J connectivity index is 1.79. The van der Waals surface area contributed by atoms with Crippen LogP contribution in [0, 0.1) is 0 Å². The van der Waals surface area contributed by atoms with Crippen LogP contribution in [0.1, 0.15) is 24.2 Å². The maximum atomic E-state index is 13.0. The number of fused-ring (bicyclic) bond motifs is 1. The van der Waals surface area contributed by atoms with Crippen molar-refractivity contribution in [3.05, 3.63) is 47.9 Å². The molecular formula is C16H13F6N5O. The second kappa shape index (κ2) is 7.17. The minimum atomic E-state index is -4.66. The molecule has 2 heterocycles. The molecule has 0 spiro atoms. The highest BCUT2D eigenvalue weighted by molar-refractivity contribution is 5.47. The van der Waals surface area contributed by atoms with Crippen molar-refractivity contribution in [1.82, 2.24) is 19.6 Å². The van der Waals surface area contributed by atoms with Gasteiger partial charge in [-0.3, -0.25) is 0 Å². The number of benzene rings is 1. The summed E-state index contributed by atoms with van der Waals surface area (Å²) in [5.41, 5.74) is -0.517. The van der Waals surface area contributed by atoms with Crippen LogP contribution in [0.2, 0.25) is 0 Å². The molecule has 1 N–H and O–H groups in total. The standard InChI is InChI=1S/C16H13F6N5O/c1-9(10-2-4-11(5-3-10)28-7-15(17,18)19)25-13-6-12(16(20,21)22)26-14-23-8-24-27(13)14/h2-6,8-9,25H,7H2,1H3. The molecule has 0 aliphatic heterocycles. The smallest absolute Gasteiger partial charge is 0.433 e. The van der Waals surface area contributed by atoms with Crippen molar-refractivity contribution in [3.63, 3.8) is 0 Å². The number of aromatic nitrogens is 4. The molecule has 6 nitrogen and oxygen atoms in total. The van der Waals surface area contributed by atoms with E-state index < -0.39 is 30.7 Å². The van der Waals surface area contributed by atoms with Crippen molar-refractivity contribution in [2.75, 3.05) is 11.9 Å². The third kappa shape index (κ3) is 4.61. The fourth-order valence-corrected chi connectivity index (χ4v) is 2.38. The van der Waals surface area contributed by atoms with Gasteiger partial charge in [0.15, 0.2) is 12.3 Å². The average Bonchev–Trinajstić information content (AvgIpc) is 3.08. The van der Waals surface area contributed by atoms with Gasteiger partial charge in [-0.25, -0.2) is 4.98 Å². The van der Waals surface area contributed by atoms with Crippen molar-refractivity contribution in [3.8, 4) is 5.75 Å². The molecule has 0 amide bonds. The van der Waals surface area contributed by atoms with E-state index in [1.807, 2.05) is 0 Å². The Morgan fingerprint density at radius 2 is 1.79 bits per heavy atom. The van der Waals surface area contributed by atoms with E-state index in [-0.39, 0.29) is 17.3 Å². The molecule has 0 aliphatic carbocycles. The molecule has 28 heavy (non-hydrogen) atoms. The minimum absolute atomic E-state index is 0.0136.